The van der Waals surface area contributed by atoms with Gasteiger partial charge in [0.25, 0.3) is 0 Å². The zero-order valence-electron chi connectivity index (χ0n) is 8.02. The summed E-state index contributed by atoms with van der Waals surface area (Å²) in [7, 11) is 1.65. The first-order valence-corrected chi connectivity index (χ1v) is 5.21. The molecule has 0 fully saturated rings. The Kier molecular flexibility index (Phi) is 4.90. The molecule has 1 rings (SSSR count). The highest BCUT2D eigenvalue weighted by Gasteiger charge is 2.00. The molecule has 0 unspecified atom stereocenters. The molecule has 78 valence electrons. The average Bonchev–Trinajstić information content (AvgIpc) is 2.18. The number of benzene rings is 1. The average molecular weight is 262 g/mol. The summed E-state index contributed by atoms with van der Waals surface area (Å²) in [4.78, 5) is 0. The highest BCUT2D eigenvalue weighted by atomic mass is 79.9. The number of nitrogens with one attached hydrogen (secondary N) is 1. The van der Waals surface area contributed by atoms with Crippen LogP contribution in [0.2, 0.25) is 0 Å². The van der Waals surface area contributed by atoms with Gasteiger partial charge in [0.15, 0.2) is 0 Å². The molecule has 0 atom stereocenters. The number of rotatable bonds is 5. The van der Waals surface area contributed by atoms with Crippen LogP contribution in [0.15, 0.2) is 22.7 Å². The molecule has 0 aromatic heterocycles. The minimum atomic E-state index is -0.231. The lowest BCUT2D eigenvalue weighted by Gasteiger charge is -2.07. The van der Waals surface area contributed by atoms with Crippen LogP contribution in [-0.2, 0) is 4.74 Å². The number of hydrogen-bond acceptors (Lipinski definition) is 2. The highest BCUT2D eigenvalue weighted by Crippen LogP contribution is 2.19. The lowest BCUT2D eigenvalue weighted by Crippen LogP contribution is -2.05. The number of anilines is 1. The molecule has 0 aliphatic rings. The number of hydrogen-bond donors (Lipinski definition) is 1. The van der Waals surface area contributed by atoms with Gasteiger partial charge < -0.3 is 10.1 Å². The summed E-state index contributed by atoms with van der Waals surface area (Å²) in [5.74, 6) is -0.231. The lowest BCUT2D eigenvalue weighted by molar-refractivity contribution is 0.197. The van der Waals surface area contributed by atoms with E-state index in [-0.39, 0.29) is 5.82 Å². The third-order valence-electron chi connectivity index (χ3n) is 1.77. The van der Waals surface area contributed by atoms with Gasteiger partial charge in [-0.3, -0.25) is 0 Å². The number of methoxy groups -OCH3 is 1. The number of ether oxygens (including phenoxy) is 1. The molecule has 0 radical (unpaired) electrons. The third-order valence-corrected chi connectivity index (χ3v) is 2.26. The molecular formula is C10H13BrFNO. The van der Waals surface area contributed by atoms with Gasteiger partial charge in [0.2, 0.25) is 0 Å². The molecule has 0 saturated heterocycles. The van der Waals surface area contributed by atoms with Crippen molar-refractivity contribution in [1.82, 2.24) is 0 Å². The normalized spacial score (nSPS) is 10.2. The van der Waals surface area contributed by atoms with Crippen LogP contribution in [0.25, 0.3) is 0 Å². The Balaban J connectivity index is 2.45. The molecule has 0 saturated carbocycles. The van der Waals surface area contributed by atoms with Crippen molar-refractivity contribution in [2.75, 3.05) is 25.6 Å². The second kappa shape index (κ2) is 5.98. The maximum absolute atomic E-state index is 13.2. The molecule has 14 heavy (non-hydrogen) atoms. The lowest BCUT2D eigenvalue weighted by atomic mass is 10.3. The quantitative estimate of drug-likeness (QED) is 0.823. The van der Waals surface area contributed by atoms with Gasteiger partial charge in [0, 0.05) is 24.7 Å². The first-order valence-electron chi connectivity index (χ1n) is 4.42. The summed E-state index contributed by atoms with van der Waals surface area (Å²) in [6.07, 6.45) is 0.864. The first kappa shape index (κ1) is 11.5. The Hall–Kier alpha value is -0.610. The molecule has 0 heterocycles. The van der Waals surface area contributed by atoms with E-state index in [0.29, 0.717) is 18.8 Å². The van der Waals surface area contributed by atoms with Crippen LogP contribution in [0, 0.1) is 5.82 Å². The SMILES string of the molecule is COCCCNc1cc(Br)ccc1F. The van der Waals surface area contributed by atoms with Gasteiger partial charge in [-0.15, -0.1) is 0 Å². The summed E-state index contributed by atoms with van der Waals surface area (Å²) < 4.78 is 18.9. The van der Waals surface area contributed by atoms with Gasteiger partial charge in [-0.25, -0.2) is 4.39 Å². The van der Waals surface area contributed by atoms with E-state index in [9.17, 15) is 4.39 Å². The van der Waals surface area contributed by atoms with Crippen molar-refractivity contribution in [3.63, 3.8) is 0 Å². The van der Waals surface area contributed by atoms with Crippen molar-refractivity contribution < 1.29 is 9.13 Å². The van der Waals surface area contributed by atoms with Gasteiger partial charge in [-0.1, -0.05) is 15.9 Å². The first-order chi connectivity index (χ1) is 6.74. The van der Waals surface area contributed by atoms with Crippen molar-refractivity contribution in [2.45, 2.75) is 6.42 Å². The van der Waals surface area contributed by atoms with E-state index in [4.69, 9.17) is 4.74 Å². The Labute approximate surface area is 91.6 Å². The topological polar surface area (TPSA) is 21.3 Å². The predicted octanol–water partition coefficient (Wildman–Crippen LogP) is 3.04. The molecule has 4 heteroatoms. The molecule has 0 bridgehead atoms. The molecule has 1 aromatic carbocycles. The van der Waals surface area contributed by atoms with E-state index in [1.165, 1.54) is 6.07 Å². The van der Waals surface area contributed by atoms with E-state index in [0.717, 1.165) is 10.9 Å². The second-order valence-electron chi connectivity index (χ2n) is 2.90. The van der Waals surface area contributed by atoms with Crippen molar-refractivity contribution in [3.8, 4) is 0 Å². The Morgan fingerprint density at radius 3 is 3.00 bits per heavy atom. The zero-order chi connectivity index (χ0) is 10.4. The van der Waals surface area contributed by atoms with Crippen molar-refractivity contribution in [1.29, 1.82) is 0 Å². The molecule has 0 spiro atoms. The second-order valence-corrected chi connectivity index (χ2v) is 3.81. The van der Waals surface area contributed by atoms with Crippen LogP contribution in [0.5, 0.6) is 0 Å². The molecular weight excluding hydrogens is 249 g/mol. The van der Waals surface area contributed by atoms with Gasteiger partial charge in [0.1, 0.15) is 5.82 Å². The Morgan fingerprint density at radius 1 is 1.50 bits per heavy atom. The summed E-state index contributed by atoms with van der Waals surface area (Å²) in [6.45, 7) is 1.39. The van der Waals surface area contributed by atoms with Crippen LogP contribution >= 0.6 is 15.9 Å². The summed E-state index contributed by atoms with van der Waals surface area (Å²) >= 11 is 3.29. The van der Waals surface area contributed by atoms with Crippen LogP contribution < -0.4 is 5.32 Å². The van der Waals surface area contributed by atoms with Gasteiger partial charge in [0.05, 0.1) is 5.69 Å². The predicted molar refractivity (Wildman–Crippen MR) is 59.1 cm³/mol. The maximum Gasteiger partial charge on any atom is 0.146 e. The van der Waals surface area contributed by atoms with Gasteiger partial charge in [-0.05, 0) is 24.6 Å². The third kappa shape index (κ3) is 3.64. The number of halogens is 2. The largest absolute Gasteiger partial charge is 0.385 e. The smallest absolute Gasteiger partial charge is 0.146 e. The molecule has 0 aliphatic carbocycles. The van der Waals surface area contributed by atoms with E-state index in [1.54, 1.807) is 19.2 Å². The minimum Gasteiger partial charge on any atom is -0.385 e. The Bertz CT molecular complexity index is 293. The minimum absolute atomic E-state index is 0.231. The van der Waals surface area contributed by atoms with E-state index >= 15 is 0 Å². The fourth-order valence-electron chi connectivity index (χ4n) is 1.07. The van der Waals surface area contributed by atoms with E-state index < -0.39 is 0 Å². The molecule has 1 aromatic rings. The van der Waals surface area contributed by atoms with Crippen LogP contribution in [0.1, 0.15) is 6.42 Å². The van der Waals surface area contributed by atoms with Crippen molar-refractivity contribution in [2.24, 2.45) is 0 Å². The van der Waals surface area contributed by atoms with Crippen LogP contribution in [-0.4, -0.2) is 20.3 Å². The maximum atomic E-state index is 13.2. The highest BCUT2D eigenvalue weighted by molar-refractivity contribution is 9.10. The van der Waals surface area contributed by atoms with Crippen LogP contribution in [0.4, 0.5) is 10.1 Å². The van der Waals surface area contributed by atoms with E-state index in [2.05, 4.69) is 21.2 Å². The monoisotopic (exact) mass is 261 g/mol. The molecule has 0 aliphatic heterocycles. The summed E-state index contributed by atoms with van der Waals surface area (Å²) in [5.41, 5.74) is 0.524. The van der Waals surface area contributed by atoms with Crippen molar-refractivity contribution >= 4 is 21.6 Å². The molecule has 1 N–H and O–H groups in total. The fraction of sp³-hybridized carbons (Fsp3) is 0.400. The van der Waals surface area contributed by atoms with Crippen molar-refractivity contribution in [3.05, 3.63) is 28.5 Å². The zero-order valence-corrected chi connectivity index (χ0v) is 9.60. The van der Waals surface area contributed by atoms with Gasteiger partial charge >= 0.3 is 0 Å². The fourth-order valence-corrected chi connectivity index (χ4v) is 1.43. The Morgan fingerprint density at radius 2 is 2.29 bits per heavy atom. The van der Waals surface area contributed by atoms with E-state index in [1.807, 2.05) is 0 Å². The van der Waals surface area contributed by atoms with Gasteiger partial charge in [-0.2, -0.15) is 0 Å². The summed E-state index contributed by atoms with van der Waals surface area (Å²) in [5, 5.41) is 3.00. The standard InChI is InChI=1S/C10H13BrFNO/c1-14-6-2-5-13-10-7-8(11)3-4-9(10)12/h3-4,7,13H,2,5-6H2,1H3. The molecule has 0 amide bonds. The summed E-state index contributed by atoms with van der Waals surface area (Å²) in [6, 6.07) is 4.83. The molecule has 2 nitrogen and oxygen atoms in total. The van der Waals surface area contributed by atoms with Crippen LogP contribution in [0.3, 0.4) is 0 Å².